The van der Waals surface area contributed by atoms with Crippen molar-refractivity contribution in [3.8, 4) is 5.75 Å². The third-order valence-corrected chi connectivity index (χ3v) is 6.96. The van der Waals surface area contributed by atoms with Crippen molar-refractivity contribution >= 4 is 52.7 Å². The molecule has 0 saturated heterocycles. The number of carboxylic acid groups (broad SMARTS) is 1. The predicted octanol–water partition coefficient (Wildman–Crippen LogP) is 6.47. The van der Waals surface area contributed by atoms with Gasteiger partial charge in [-0.2, -0.15) is 11.8 Å². The van der Waals surface area contributed by atoms with Crippen molar-refractivity contribution < 1.29 is 24.2 Å². The number of nitrogens with zero attached hydrogens (tertiary/aromatic N) is 1. The molecular formula is C26H34Cl2N2O5S. The summed E-state index contributed by atoms with van der Waals surface area (Å²) >= 11 is 14.0. The zero-order valence-corrected chi connectivity index (χ0v) is 23.0. The molecule has 2 amide bonds. The van der Waals surface area contributed by atoms with E-state index in [-0.39, 0.29) is 12.5 Å². The highest BCUT2D eigenvalue weighted by Crippen LogP contribution is 2.25. The average molecular weight is 558 g/mol. The molecule has 2 aromatic rings. The molecular weight excluding hydrogens is 523 g/mol. The fraction of sp³-hybridized carbons (Fsp3) is 0.462. The van der Waals surface area contributed by atoms with Crippen LogP contribution in [0, 0.1) is 0 Å². The summed E-state index contributed by atoms with van der Waals surface area (Å²) in [5, 5.41) is 13.0. The molecule has 0 saturated carbocycles. The van der Waals surface area contributed by atoms with Crippen LogP contribution in [0.2, 0.25) is 10.0 Å². The number of urea groups is 1. The van der Waals surface area contributed by atoms with Crippen LogP contribution in [0.5, 0.6) is 5.75 Å². The Bertz CT molecular complexity index is 962. The number of hydrogen-bond donors (Lipinski definition) is 2. The predicted molar refractivity (Wildman–Crippen MR) is 148 cm³/mol. The largest absolute Gasteiger partial charge is 0.492 e. The maximum absolute atomic E-state index is 13.0. The Kier molecular flexibility index (Phi) is 13.9. The summed E-state index contributed by atoms with van der Waals surface area (Å²) in [5.74, 6) is 1.73. The lowest BCUT2D eigenvalue weighted by Gasteiger charge is -2.23. The lowest BCUT2D eigenvalue weighted by Crippen LogP contribution is -2.38. The molecule has 0 aliphatic rings. The fourth-order valence-corrected chi connectivity index (χ4v) is 4.61. The van der Waals surface area contributed by atoms with Crippen LogP contribution in [0.3, 0.4) is 0 Å². The van der Waals surface area contributed by atoms with Crippen molar-refractivity contribution in [1.82, 2.24) is 4.90 Å². The Morgan fingerprint density at radius 1 is 1.08 bits per heavy atom. The highest BCUT2D eigenvalue weighted by Gasteiger charge is 2.18. The van der Waals surface area contributed by atoms with Gasteiger partial charge in [-0.05, 0) is 67.2 Å². The fourth-order valence-electron chi connectivity index (χ4n) is 3.33. The van der Waals surface area contributed by atoms with Gasteiger partial charge in [-0.1, -0.05) is 42.3 Å². The van der Waals surface area contributed by atoms with Crippen molar-refractivity contribution in [2.75, 3.05) is 43.1 Å². The van der Waals surface area contributed by atoms with E-state index in [0.29, 0.717) is 47.8 Å². The number of nitrogens with one attached hydrogen (secondary N) is 1. The van der Waals surface area contributed by atoms with Gasteiger partial charge in [-0.25, -0.2) is 9.59 Å². The van der Waals surface area contributed by atoms with Crippen molar-refractivity contribution in [2.45, 2.75) is 39.2 Å². The number of carbonyl (C=O) groups excluding carboxylic acids is 1. The number of carboxylic acids is 1. The molecule has 198 valence electrons. The third kappa shape index (κ3) is 10.9. The van der Waals surface area contributed by atoms with Gasteiger partial charge in [0.25, 0.3) is 0 Å². The molecule has 0 fully saturated rings. The number of amides is 2. The number of thioether (sulfide) groups is 1. The number of aliphatic carboxylic acids is 1. The van der Waals surface area contributed by atoms with Gasteiger partial charge in [-0.3, -0.25) is 0 Å². The standard InChI is InChI=1S/C26H34Cl2N2O5S/c1-3-15-36-16-5-12-30(26(33)29-23-11-8-20(27)18-22(23)28)13-14-35-21-9-6-19(7-10-21)17-24(25(31)32)34-4-2/h6-11,18,24H,3-5,12-17H2,1-2H3,(H,29,33)(H,31,32). The van der Waals surface area contributed by atoms with Crippen molar-refractivity contribution in [3.63, 3.8) is 0 Å². The summed E-state index contributed by atoms with van der Waals surface area (Å²) in [5.41, 5.74) is 1.34. The summed E-state index contributed by atoms with van der Waals surface area (Å²) in [6, 6.07) is 11.9. The van der Waals surface area contributed by atoms with Crippen LogP contribution in [-0.4, -0.2) is 65.9 Å². The molecule has 36 heavy (non-hydrogen) atoms. The first-order valence-corrected chi connectivity index (χ1v) is 13.9. The molecule has 0 bridgehead atoms. The number of carbonyl (C=O) groups is 2. The van der Waals surface area contributed by atoms with Gasteiger partial charge in [0.15, 0.2) is 6.10 Å². The number of halogens is 2. The van der Waals surface area contributed by atoms with E-state index in [1.807, 2.05) is 23.9 Å². The number of anilines is 1. The molecule has 1 atom stereocenters. The second kappa shape index (κ2) is 16.6. The number of rotatable bonds is 16. The summed E-state index contributed by atoms with van der Waals surface area (Å²) in [6.45, 7) is 5.54. The first-order valence-electron chi connectivity index (χ1n) is 12.0. The zero-order valence-electron chi connectivity index (χ0n) is 20.7. The van der Waals surface area contributed by atoms with Crippen molar-refractivity contribution in [2.24, 2.45) is 0 Å². The van der Waals surface area contributed by atoms with E-state index in [2.05, 4.69) is 12.2 Å². The molecule has 0 aliphatic heterocycles. The van der Waals surface area contributed by atoms with Gasteiger partial charge in [-0.15, -0.1) is 0 Å². The van der Waals surface area contributed by atoms with E-state index in [4.69, 9.17) is 32.7 Å². The van der Waals surface area contributed by atoms with Crippen molar-refractivity contribution in [3.05, 3.63) is 58.1 Å². The third-order valence-electron chi connectivity index (χ3n) is 5.14. The normalized spacial score (nSPS) is 11.7. The molecule has 7 nitrogen and oxygen atoms in total. The highest BCUT2D eigenvalue weighted by molar-refractivity contribution is 7.99. The van der Waals surface area contributed by atoms with E-state index in [1.54, 1.807) is 42.2 Å². The molecule has 0 aromatic heterocycles. The molecule has 0 aliphatic carbocycles. The molecule has 10 heteroatoms. The molecule has 2 rings (SSSR count). The maximum Gasteiger partial charge on any atom is 0.333 e. The van der Waals surface area contributed by atoms with Crippen LogP contribution >= 0.6 is 35.0 Å². The Hall–Kier alpha value is -2.13. The quantitative estimate of drug-likeness (QED) is 0.230. The van der Waals surface area contributed by atoms with Crippen LogP contribution < -0.4 is 10.1 Å². The highest BCUT2D eigenvalue weighted by atomic mass is 35.5. The van der Waals surface area contributed by atoms with E-state index >= 15 is 0 Å². The molecule has 0 radical (unpaired) electrons. The molecule has 2 aromatic carbocycles. The number of ether oxygens (including phenoxy) is 2. The minimum Gasteiger partial charge on any atom is -0.492 e. The van der Waals surface area contributed by atoms with Gasteiger partial charge in [0.2, 0.25) is 0 Å². The second-order valence-corrected chi connectivity index (χ2v) is 10.1. The average Bonchev–Trinajstić information content (AvgIpc) is 2.85. The minimum atomic E-state index is -0.983. The van der Waals surface area contributed by atoms with E-state index in [0.717, 1.165) is 29.9 Å². The summed E-state index contributed by atoms with van der Waals surface area (Å²) in [7, 11) is 0. The molecule has 0 spiro atoms. The van der Waals surface area contributed by atoms with Crippen LogP contribution in [0.15, 0.2) is 42.5 Å². The second-order valence-electron chi connectivity index (χ2n) is 7.99. The summed E-state index contributed by atoms with van der Waals surface area (Å²) < 4.78 is 11.1. The summed E-state index contributed by atoms with van der Waals surface area (Å²) in [4.78, 5) is 26.0. The van der Waals surface area contributed by atoms with Crippen LogP contribution in [0.4, 0.5) is 10.5 Å². The van der Waals surface area contributed by atoms with Gasteiger partial charge in [0, 0.05) is 24.6 Å². The van der Waals surface area contributed by atoms with Crippen LogP contribution in [0.25, 0.3) is 0 Å². The Balaban J connectivity index is 1.93. The molecule has 2 N–H and O–H groups in total. The first kappa shape index (κ1) is 30.1. The van der Waals surface area contributed by atoms with Crippen molar-refractivity contribution in [1.29, 1.82) is 0 Å². The van der Waals surface area contributed by atoms with E-state index in [1.165, 1.54) is 0 Å². The first-order chi connectivity index (χ1) is 17.3. The number of benzene rings is 2. The van der Waals surface area contributed by atoms with Gasteiger partial charge in [0.1, 0.15) is 12.4 Å². The minimum absolute atomic E-state index is 0.255. The summed E-state index contributed by atoms with van der Waals surface area (Å²) in [6.07, 6.45) is 1.39. The monoisotopic (exact) mass is 556 g/mol. The SMILES string of the molecule is CCCSCCCN(CCOc1ccc(CC(OCC)C(=O)O)cc1)C(=O)Nc1ccc(Cl)cc1Cl. The number of hydrogen-bond acceptors (Lipinski definition) is 5. The topological polar surface area (TPSA) is 88.1 Å². The van der Waals surface area contributed by atoms with E-state index in [9.17, 15) is 14.7 Å². The van der Waals surface area contributed by atoms with Gasteiger partial charge < -0.3 is 24.8 Å². The molecule has 0 heterocycles. The van der Waals surface area contributed by atoms with E-state index < -0.39 is 12.1 Å². The lowest BCUT2D eigenvalue weighted by atomic mass is 10.1. The molecule has 1 unspecified atom stereocenters. The Morgan fingerprint density at radius 3 is 2.47 bits per heavy atom. The maximum atomic E-state index is 13.0. The van der Waals surface area contributed by atoms with Gasteiger partial charge >= 0.3 is 12.0 Å². The van der Waals surface area contributed by atoms with Crippen LogP contribution in [0.1, 0.15) is 32.3 Å². The van der Waals surface area contributed by atoms with Crippen LogP contribution in [-0.2, 0) is 16.0 Å². The Labute approximate surface area is 227 Å². The van der Waals surface area contributed by atoms with Gasteiger partial charge in [0.05, 0.1) is 17.3 Å². The smallest absolute Gasteiger partial charge is 0.333 e. The lowest BCUT2D eigenvalue weighted by molar-refractivity contribution is -0.149. The Morgan fingerprint density at radius 2 is 1.83 bits per heavy atom. The zero-order chi connectivity index (χ0) is 26.3.